The molecule has 0 N–H and O–H groups in total. The van der Waals surface area contributed by atoms with E-state index in [1.807, 2.05) is 12.4 Å². The summed E-state index contributed by atoms with van der Waals surface area (Å²) in [4.78, 5) is 18.8. The monoisotopic (exact) mass is 352 g/mol. The molecule has 1 unspecified atom stereocenters. The van der Waals surface area contributed by atoms with Gasteiger partial charge in [0, 0.05) is 24.0 Å². The Hall–Kier alpha value is -1.81. The molecule has 1 saturated carbocycles. The molecule has 2 aromatic rings. The number of thioether (sulfide) groups is 1. The Morgan fingerprint density at radius 3 is 2.48 bits per heavy atom. The van der Waals surface area contributed by atoms with Crippen LogP contribution in [0.5, 0.6) is 0 Å². The summed E-state index contributed by atoms with van der Waals surface area (Å²) in [5.41, 5.74) is 5.02. The summed E-state index contributed by atoms with van der Waals surface area (Å²) < 4.78 is 0. The van der Waals surface area contributed by atoms with E-state index in [0.717, 1.165) is 18.4 Å². The molecule has 4 heteroatoms. The van der Waals surface area contributed by atoms with Crippen LogP contribution >= 0.6 is 11.8 Å². The molecule has 1 amide bonds. The lowest BCUT2D eigenvalue weighted by Crippen LogP contribution is -2.30. The first-order valence-electron chi connectivity index (χ1n) is 8.93. The van der Waals surface area contributed by atoms with Crippen LogP contribution in [0.1, 0.15) is 50.1 Å². The number of amides is 1. The quantitative estimate of drug-likeness (QED) is 0.797. The summed E-state index contributed by atoms with van der Waals surface area (Å²) in [6, 6.07) is 11.3. The van der Waals surface area contributed by atoms with E-state index in [-0.39, 0.29) is 16.7 Å². The standard InChI is InChI=1S/C21H24N2OS/c1-21(2,3)15-6-4-14(5-7-15)17-10-11-22-12-18(17)20-23(16-8-9-16)19(24)13-25-20/h4-7,10-12,16,20H,8-9,13H2,1-3H3. The highest BCUT2D eigenvalue weighted by atomic mass is 32.2. The van der Waals surface area contributed by atoms with E-state index in [1.54, 1.807) is 11.8 Å². The van der Waals surface area contributed by atoms with Crippen LogP contribution < -0.4 is 0 Å². The van der Waals surface area contributed by atoms with Crippen LogP contribution in [0.2, 0.25) is 0 Å². The number of nitrogens with zero attached hydrogens (tertiary/aromatic N) is 2. The normalized spacial score (nSPS) is 21.0. The molecule has 0 spiro atoms. The molecule has 2 fully saturated rings. The van der Waals surface area contributed by atoms with Gasteiger partial charge in [-0.1, -0.05) is 45.0 Å². The minimum atomic E-state index is 0.103. The first-order chi connectivity index (χ1) is 11.9. The van der Waals surface area contributed by atoms with Crippen molar-refractivity contribution < 1.29 is 4.79 Å². The molecule has 0 bridgehead atoms. The van der Waals surface area contributed by atoms with Crippen molar-refractivity contribution in [3.8, 4) is 11.1 Å². The molecule has 1 aromatic heterocycles. The van der Waals surface area contributed by atoms with Crippen molar-refractivity contribution in [3.05, 3.63) is 53.9 Å². The SMILES string of the molecule is CC(C)(C)c1ccc(-c2ccncc2C2SCC(=O)N2C2CC2)cc1. The van der Waals surface area contributed by atoms with Crippen molar-refractivity contribution in [3.63, 3.8) is 0 Å². The molecule has 0 radical (unpaired) electrons. The van der Waals surface area contributed by atoms with E-state index in [9.17, 15) is 4.79 Å². The topological polar surface area (TPSA) is 33.2 Å². The third-order valence-corrected chi connectivity index (χ3v) is 6.24. The van der Waals surface area contributed by atoms with Gasteiger partial charge in [0.05, 0.1) is 5.75 Å². The van der Waals surface area contributed by atoms with Crippen molar-refractivity contribution in [2.45, 2.75) is 50.4 Å². The Bertz CT molecular complexity index is 790. The summed E-state index contributed by atoms with van der Waals surface area (Å²) in [7, 11) is 0. The fourth-order valence-corrected chi connectivity index (χ4v) is 4.71. The van der Waals surface area contributed by atoms with Gasteiger partial charge >= 0.3 is 0 Å². The third kappa shape index (κ3) is 3.20. The Kier molecular flexibility index (Phi) is 4.11. The molecular weight excluding hydrogens is 328 g/mol. The Morgan fingerprint density at radius 1 is 1.12 bits per heavy atom. The van der Waals surface area contributed by atoms with Gasteiger partial charge in [0.2, 0.25) is 5.91 Å². The van der Waals surface area contributed by atoms with Gasteiger partial charge < -0.3 is 4.90 Å². The highest BCUT2D eigenvalue weighted by Crippen LogP contribution is 2.47. The number of pyridine rings is 1. The van der Waals surface area contributed by atoms with Gasteiger partial charge in [0.15, 0.2) is 0 Å². The largest absolute Gasteiger partial charge is 0.323 e. The number of aromatic nitrogens is 1. The molecular formula is C21H24N2OS. The van der Waals surface area contributed by atoms with E-state index in [1.165, 1.54) is 16.7 Å². The van der Waals surface area contributed by atoms with Crippen molar-refractivity contribution >= 4 is 17.7 Å². The van der Waals surface area contributed by atoms with Crippen LogP contribution in [0.25, 0.3) is 11.1 Å². The molecule has 1 aromatic carbocycles. The molecule has 3 nitrogen and oxygen atoms in total. The van der Waals surface area contributed by atoms with Crippen LogP contribution in [0, 0.1) is 0 Å². The molecule has 25 heavy (non-hydrogen) atoms. The third-order valence-electron chi connectivity index (χ3n) is 5.03. The van der Waals surface area contributed by atoms with E-state index in [0.29, 0.717) is 11.8 Å². The second kappa shape index (κ2) is 6.17. The first-order valence-corrected chi connectivity index (χ1v) is 9.97. The first kappa shape index (κ1) is 16.6. The second-order valence-electron chi connectivity index (χ2n) is 7.99. The summed E-state index contributed by atoms with van der Waals surface area (Å²) in [5.74, 6) is 0.855. The zero-order valence-corrected chi connectivity index (χ0v) is 15.8. The van der Waals surface area contributed by atoms with Gasteiger partial charge in [-0.15, -0.1) is 11.8 Å². The molecule has 1 aliphatic heterocycles. The molecule has 130 valence electrons. The Balaban J connectivity index is 1.71. The van der Waals surface area contributed by atoms with Crippen LogP contribution in [0.4, 0.5) is 0 Å². The van der Waals surface area contributed by atoms with Crippen molar-refractivity contribution in [2.24, 2.45) is 0 Å². The highest BCUT2D eigenvalue weighted by Gasteiger charge is 2.43. The van der Waals surface area contributed by atoms with Crippen molar-refractivity contribution in [1.29, 1.82) is 0 Å². The zero-order chi connectivity index (χ0) is 17.6. The van der Waals surface area contributed by atoms with Gasteiger partial charge in [-0.05, 0) is 41.0 Å². The molecule has 2 heterocycles. The van der Waals surface area contributed by atoms with Crippen LogP contribution in [0.3, 0.4) is 0 Å². The lowest BCUT2D eigenvalue weighted by molar-refractivity contribution is -0.128. The molecule has 2 aliphatic rings. The fourth-order valence-electron chi connectivity index (χ4n) is 3.44. The maximum atomic E-state index is 12.3. The number of carbonyl (C=O) groups is 1. The van der Waals surface area contributed by atoms with Gasteiger partial charge in [0.1, 0.15) is 5.37 Å². The van der Waals surface area contributed by atoms with Gasteiger partial charge in [0.25, 0.3) is 0 Å². The number of rotatable bonds is 3. The summed E-state index contributed by atoms with van der Waals surface area (Å²) >= 11 is 1.73. The molecule has 1 aliphatic carbocycles. The lowest BCUT2D eigenvalue weighted by Gasteiger charge is -2.26. The molecule has 1 atom stereocenters. The average Bonchev–Trinajstić information content (AvgIpc) is 3.36. The zero-order valence-electron chi connectivity index (χ0n) is 15.0. The van der Waals surface area contributed by atoms with Crippen LogP contribution in [-0.2, 0) is 10.2 Å². The number of hydrogen-bond donors (Lipinski definition) is 0. The highest BCUT2D eigenvalue weighted by molar-refractivity contribution is 8.00. The fraction of sp³-hybridized carbons (Fsp3) is 0.429. The Labute approximate surface area is 153 Å². The Morgan fingerprint density at radius 2 is 1.84 bits per heavy atom. The lowest BCUT2D eigenvalue weighted by atomic mass is 9.86. The maximum Gasteiger partial charge on any atom is 0.234 e. The molecule has 1 saturated heterocycles. The number of benzene rings is 1. The summed E-state index contributed by atoms with van der Waals surface area (Å²) in [6.45, 7) is 6.69. The molecule has 4 rings (SSSR count). The smallest absolute Gasteiger partial charge is 0.234 e. The second-order valence-corrected chi connectivity index (χ2v) is 9.05. The van der Waals surface area contributed by atoms with Crippen LogP contribution in [-0.4, -0.2) is 27.6 Å². The van der Waals surface area contributed by atoms with E-state index in [4.69, 9.17) is 0 Å². The van der Waals surface area contributed by atoms with Crippen LogP contribution in [0.15, 0.2) is 42.7 Å². The van der Waals surface area contributed by atoms with Crippen molar-refractivity contribution in [1.82, 2.24) is 9.88 Å². The van der Waals surface area contributed by atoms with Gasteiger partial charge in [-0.25, -0.2) is 0 Å². The summed E-state index contributed by atoms with van der Waals surface area (Å²) in [6.07, 6.45) is 6.06. The van der Waals surface area contributed by atoms with Gasteiger partial charge in [-0.2, -0.15) is 0 Å². The van der Waals surface area contributed by atoms with E-state index in [2.05, 4.69) is 61.0 Å². The number of hydrogen-bond acceptors (Lipinski definition) is 3. The predicted molar refractivity (Wildman–Crippen MR) is 103 cm³/mol. The summed E-state index contributed by atoms with van der Waals surface area (Å²) in [5, 5.41) is 0.103. The van der Waals surface area contributed by atoms with E-state index < -0.39 is 0 Å². The number of carbonyl (C=O) groups excluding carboxylic acids is 1. The average molecular weight is 353 g/mol. The van der Waals surface area contributed by atoms with Gasteiger partial charge in [-0.3, -0.25) is 9.78 Å². The van der Waals surface area contributed by atoms with E-state index >= 15 is 0 Å². The minimum absolute atomic E-state index is 0.103. The minimum Gasteiger partial charge on any atom is -0.323 e. The van der Waals surface area contributed by atoms with Crippen molar-refractivity contribution in [2.75, 3.05) is 5.75 Å². The maximum absolute atomic E-state index is 12.3. The predicted octanol–water partition coefficient (Wildman–Crippen LogP) is 4.78.